The van der Waals surface area contributed by atoms with Crippen LogP contribution >= 0.6 is 0 Å². The van der Waals surface area contributed by atoms with Crippen LogP contribution in [0.5, 0.6) is 0 Å². The first kappa shape index (κ1) is 8.01. The Labute approximate surface area is 71.2 Å². The molecule has 3 unspecified atom stereocenters. The Morgan fingerprint density at radius 2 is 2.50 bits per heavy atom. The summed E-state index contributed by atoms with van der Waals surface area (Å²) >= 11 is 0. The number of fused-ring (bicyclic) bond motifs is 1. The van der Waals surface area contributed by atoms with Crippen molar-refractivity contribution in [3.63, 3.8) is 0 Å². The fourth-order valence-corrected chi connectivity index (χ4v) is 1.56. The molecule has 2 aliphatic rings. The van der Waals surface area contributed by atoms with Gasteiger partial charge in [-0.1, -0.05) is 0 Å². The van der Waals surface area contributed by atoms with Crippen LogP contribution in [0.3, 0.4) is 0 Å². The van der Waals surface area contributed by atoms with Gasteiger partial charge in [-0.25, -0.2) is 0 Å². The van der Waals surface area contributed by atoms with E-state index in [1.54, 1.807) is 0 Å². The van der Waals surface area contributed by atoms with Crippen molar-refractivity contribution in [2.24, 2.45) is 0 Å². The van der Waals surface area contributed by atoms with Gasteiger partial charge in [-0.05, 0) is 6.92 Å². The van der Waals surface area contributed by atoms with Gasteiger partial charge in [0.1, 0.15) is 6.04 Å². The summed E-state index contributed by atoms with van der Waals surface area (Å²) in [6, 6.07) is -0.145. The van der Waals surface area contributed by atoms with Gasteiger partial charge in [0.05, 0.1) is 18.8 Å². The van der Waals surface area contributed by atoms with E-state index in [2.05, 4.69) is 5.32 Å². The number of nitrogens with one attached hydrogen (secondary N) is 1. The molecule has 2 rings (SSSR count). The predicted octanol–water partition coefficient (Wildman–Crippen LogP) is -0.321. The quantitative estimate of drug-likeness (QED) is 0.457. The highest BCUT2D eigenvalue weighted by Gasteiger charge is 2.46. The SMILES string of the molecule is CCOC(=O)C1CC2OC2CN1. The highest BCUT2D eigenvalue weighted by molar-refractivity contribution is 5.76. The molecule has 1 N–H and O–H groups in total. The maximum absolute atomic E-state index is 11.2. The molecule has 0 aromatic heterocycles. The Morgan fingerprint density at radius 1 is 1.67 bits per heavy atom. The van der Waals surface area contributed by atoms with E-state index in [4.69, 9.17) is 9.47 Å². The first-order chi connectivity index (χ1) is 5.81. The molecule has 0 aliphatic carbocycles. The second-order valence-electron chi connectivity index (χ2n) is 3.16. The lowest BCUT2D eigenvalue weighted by Crippen LogP contribution is -2.44. The zero-order chi connectivity index (χ0) is 8.55. The van der Waals surface area contributed by atoms with Gasteiger partial charge in [-0.2, -0.15) is 0 Å². The van der Waals surface area contributed by atoms with Crippen LogP contribution in [0.15, 0.2) is 0 Å². The molecule has 3 atom stereocenters. The Morgan fingerprint density at radius 3 is 3.17 bits per heavy atom. The molecule has 68 valence electrons. The van der Waals surface area contributed by atoms with Crippen molar-refractivity contribution in [2.75, 3.05) is 13.2 Å². The molecule has 12 heavy (non-hydrogen) atoms. The molecule has 0 bridgehead atoms. The van der Waals surface area contributed by atoms with E-state index in [0.717, 1.165) is 13.0 Å². The van der Waals surface area contributed by atoms with Crippen LogP contribution in [0.25, 0.3) is 0 Å². The van der Waals surface area contributed by atoms with Gasteiger partial charge in [0.15, 0.2) is 0 Å². The third-order valence-electron chi connectivity index (χ3n) is 2.29. The van der Waals surface area contributed by atoms with Crippen molar-refractivity contribution < 1.29 is 14.3 Å². The first-order valence-corrected chi connectivity index (χ1v) is 4.36. The Bertz CT molecular complexity index is 195. The van der Waals surface area contributed by atoms with Gasteiger partial charge >= 0.3 is 5.97 Å². The molecule has 2 aliphatic heterocycles. The van der Waals surface area contributed by atoms with Crippen LogP contribution in [0.1, 0.15) is 13.3 Å². The molecule has 4 nitrogen and oxygen atoms in total. The number of esters is 1. The third-order valence-corrected chi connectivity index (χ3v) is 2.29. The lowest BCUT2D eigenvalue weighted by atomic mass is 10.1. The second kappa shape index (κ2) is 3.03. The maximum Gasteiger partial charge on any atom is 0.323 e. The smallest absolute Gasteiger partial charge is 0.323 e. The van der Waals surface area contributed by atoms with Crippen molar-refractivity contribution in [3.8, 4) is 0 Å². The molecular formula is C8H13NO3. The third kappa shape index (κ3) is 1.44. The van der Waals surface area contributed by atoms with E-state index in [0.29, 0.717) is 18.8 Å². The summed E-state index contributed by atoms with van der Waals surface area (Å²) in [5, 5.41) is 3.10. The zero-order valence-corrected chi connectivity index (χ0v) is 7.08. The molecule has 0 spiro atoms. The van der Waals surface area contributed by atoms with E-state index in [1.165, 1.54) is 0 Å². The van der Waals surface area contributed by atoms with Crippen LogP contribution < -0.4 is 5.32 Å². The summed E-state index contributed by atoms with van der Waals surface area (Å²) < 4.78 is 10.2. The van der Waals surface area contributed by atoms with E-state index in [9.17, 15) is 4.79 Å². The topological polar surface area (TPSA) is 50.9 Å². The van der Waals surface area contributed by atoms with Gasteiger partial charge in [0.25, 0.3) is 0 Å². The maximum atomic E-state index is 11.2. The van der Waals surface area contributed by atoms with Gasteiger partial charge in [-0.15, -0.1) is 0 Å². The Hall–Kier alpha value is -0.610. The molecule has 2 heterocycles. The molecule has 2 fully saturated rings. The van der Waals surface area contributed by atoms with Crippen LogP contribution in [-0.4, -0.2) is 37.4 Å². The van der Waals surface area contributed by atoms with Crippen LogP contribution in [0, 0.1) is 0 Å². The van der Waals surface area contributed by atoms with E-state index in [-0.39, 0.29) is 12.0 Å². The lowest BCUT2D eigenvalue weighted by Gasteiger charge is -2.18. The van der Waals surface area contributed by atoms with Crippen LogP contribution in [0.2, 0.25) is 0 Å². The second-order valence-corrected chi connectivity index (χ2v) is 3.16. The van der Waals surface area contributed by atoms with E-state index < -0.39 is 0 Å². The molecule has 2 saturated heterocycles. The number of carbonyl (C=O) groups excluding carboxylic acids is 1. The fourth-order valence-electron chi connectivity index (χ4n) is 1.56. The average Bonchev–Trinajstić information content (AvgIpc) is 2.81. The molecular weight excluding hydrogens is 158 g/mol. The molecule has 0 aromatic rings. The number of piperidine rings is 1. The molecule has 0 aromatic carbocycles. The number of hydrogen-bond acceptors (Lipinski definition) is 4. The summed E-state index contributed by atoms with van der Waals surface area (Å²) in [6.07, 6.45) is 1.43. The molecule has 4 heteroatoms. The summed E-state index contributed by atoms with van der Waals surface area (Å²) in [5.41, 5.74) is 0. The van der Waals surface area contributed by atoms with E-state index in [1.807, 2.05) is 6.92 Å². The number of hydrogen-bond donors (Lipinski definition) is 1. The standard InChI is InChI=1S/C8H13NO3/c1-2-11-8(10)5-3-6-7(12-6)4-9-5/h5-7,9H,2-4H2,1H3. The average molecular weight is 171 g/mol. The zero-order valence-electron chi connectivity index (χ0n) is 7.08. The van der Waals surface area contributed by atoms with Crippen molar-refractivity contribution in [1.29, 1.82) is 0 Å². The van der Waals surface area contributed by atoms with Gasteiger partial charge in [0, 0.05) is 13.0 Å². The predicted molar refractivity (Wildman–Crippen MR) is 41.7 cm³/mol. The minimum atomic E-state index is -0.147. The Kier molecular flexibility index (Phi) is 2.02. The highest BCUT2D eigenvalue weighted by Crippen LogP contribution is 2.29. The van der Waals surface area contributed by atoms with Crippen molar-refractivity contribution in [2.45, 2.75) is 31.6 Å². The van der Waals surface area contributed by atoms with Crippen molar-refractivity contribution in [3.05, 3.63) is 0 Å². The summed E-state index contributed by atoms with van der Waals surface area (Å²) in [5.74, 6) is -0.147. The summed E-state index contributed by atoms with van der Waals surface area (Å²) in [6.45, 7) is 3.05. The van der Waals surface area contributed by atoms with Crippen molar-refractivity contribution in [1.82, 2.24) is 5.32 Å². The normalized spacial score (nSPS) is 38.6. The number of ether oxygens (including phenoxy) is 2. The lowest BCUT2D eigenvalue weighted by molar-refractivity contribution is -0.146. The minimum Gasteiger partial charge on any atom is -0.465 e. The number of rotatable bonds is 2. The first-order valence-electron chi connectivity index (χ1n) is 4.36. The van der Waals surface area contributed by atoms with Gasteiger partial charge < -0.3 is 14.8 Å². The largest absolute Gasteiger partial charge is 0.465 e. The van der Waals surface area contributed by atoms with Gasteiger partial charge in [0.2, 0.25) is 0 Å². The van der Waals surface area contributed by atoms with Gasteiger partial charge in [-0.3, -0.25) is 4.79 Å². The summed E-state index contributed by atoms with van der Waals surface area (Å²) in [4.78, 5) is 11.2. The monoisotopic (exact) mass is 171 g/mol. The minimum absolute atomic E-state index is 0.145. The van der Waals surface area contributed by atoms with Crippen LogP contribution in [0.4, 0.5) is 0 Å². The van der Waals surface area contributed by atoms with Crippen molar-refractivity contribution >= 4 is 5.97 Å². The number of carbonyl (C=O) groups is 1. The van der Waals surface area contributed by atoms with E-state index >= 15 is 0 Å². The highest BCUT2D eigenvalue weighted by atomic mass is 16.6. The Balaban J connectivity index is 1.83. The fraction of sp³-hybridized carbons (Fsp3) is 0.875. The summed E-state index contributed by atoms with van der Waals surface area (Å²) in [7, 11) is 0. The van der Waals surface area contributed by atoms with Crippen LogP contribution in [-0.2, 0) is 14.3 Å². The molecule has 0 radical (unpaired) electrons. The molecule has 0 amide bonds. The molecule has 0 saturated carbocycles. The number of epoxide rings is 1.